The second-order valence-electron chi connectivity index (χ2n) is 4.97. The van der Waals surface area contributed by atoms with Gasteiger partial charge >= 0.3 is 0 Å². The predicted molar refractivity (Wildman–Crippen MR) is 91.7 cm³/mol. The Kier molecular flexibility index (Phi) is 4.05. The molecule has 0 atom stereocenters. The summed E-state index contributed by atoms with van der Waals surface area (Å²) in [6.07, 6.45) is 0. The fraction of sp³-hybridized carbons (Fsp3) is 0.0625. The predicted octanol–water partition coefficient (Wildman–Crippen LogP) is 3.03. The molecule has 0 spiro atoms. The van der Waals surface area contributed by atoms with Crippen molar-refractivity contribution in [2.75, 3.05) is 5.32 Å². The Labute approximate surface area is 138 Å². The van der Waals surface area contributed by atoms with E-state index in [-0.39, 0.29) is 10.5 Å². The second kappa shape index (κ2) is 6.01. The summed E-state index contributed by atoms with van der Waals surface area (Å²) in [5.41, 5.74) is 1.95. The zero-order valence-corrected chi connectivity index (χ0v) is 13.6. The van der Waals surface area contributed by atoms with Crippen LogP contribution in [0.5, 0.6) is 0 Å². The normalized spacial score (nSPS) is 11.3. The van der Waals surface area contributed by atoms with Gasteiger partial charge in [0.05, 0.1) is 16.1 Å². The van der Waals surface area contributed by atoms with Gasteiger partial charge in [0.2, 0.25) is 10.0 Å². The molecular weight excluding hydrogens is 330 g/mol. The SMILES string of the molecule is N#Cc1cc(S(N)(=O)=O)ccc1NCc1csc2ccccc12. The molecule has 0 amide bonds. The topological polar surface area (TPSA) is 96.0 Å². The van der Waals surface area contributed by atoms with Gasteiger partial charge in [-0.2, -0.15) is 5.26 Å². The molecule has 116 valence electrons. The van der Waals surface area contributed by atoms with Gasteiger partial charge in [0.1, 0.15) is 6.07 Å². The van der Waals surface area contributed by atoms with Crippen LogP contribution in [-0.2, 0) is 16.6 Å². The minimum atomic E-state index is -3.82. The maximum absolute atomic E-state index is 11.4. The van der Waals surface area contributed by atoms with Crippen molar-refractivity contribution in [3.63, 3.8) is 0 Å². The summed E-state index contributed by atoms with van der Waals surface area (Å²) in [5, 5.41) is 20.7. The molecular formula is C16H13N3O2S2. The smallest absolute Gasteiger partial charge is 0.238 e. The molecule has 0 saturated carbocycles. The van der Waals surface area contributed by atoms with E-state index in [1.165, 1.54) is 22.2 Å². The van der Waals surface area contributed by atoms with E-state index in [0.717, 1.165) is 5.56 Å². The lowest BCUT2D eigenvalue weighted by Gasteiger charge is -2.09. The molecule has 5 nitrogen and oxygen atoms in total. The third-order valence-electron chi connectivity index (χ3n) is 3.47. The van der Waals surface area contributed by atoms with Gasteiger partial charge in [0, 0.05) is 11.2 Å². The number of nitrogens with two attached hydrogens (primary N) is 1. The molecule has 0 aliphatic heterocycles. The van der Waals surface area contributed by atoms with Gasteiger partial charge in [0.25, 0.3) is 0 Å². The van der Waals surface area contributed by atoms with Crippen molar-refractivity contribution in [1.29, 1.82) is 5.26 Å². The molecule has 1 heterocycles. The molecule has 23 heavy (non-hydrogen) atoms. The van der Waals surface area contributed by atoms with Crippen LogP contribution in [0.15, 0.2) is 52.7 Å². The highest BCUT2D eigenvalue weighted by molar-refractivity contribution is 7.89. The third-order valence-corrected chi connectivity index (χ3v) is 5.39. The molecule has 2 aromatic carbocycles. The first-order valence-corrected chi connectivity index (χ1v) is 9.17. The van der Waals surface area contributed by atoms with Gasteiger partial charge in [-0.05, 0) is 40.6 Å². The number of hydrogen-bond donors (Lipinski definition) is 2. The summed E-state index contributed by atoms with van der Waals surface area (Å²) < 4.78 is 23.9. The number of sulfonamides is 1. The van der Waals surface area contributed by atoms with Crippen LogP contribution in [0.1, 0.15) is 11.1 Å². The van der Waals surface area contributed by atoms with E-state index in [4.69, 9.17) is 5.14 Å². The summed E-state index contributed by atoms with van der Waals surface area (Å²) in [6, 6.07) is 14.3. The summed E-state index contributed by atoms with van der Waals surface area (Å²) in [6.45, 7) is 0.549. The van der Waals surface area contributed by atoms with Crippen molar-refractivity contribution in [2.45, 2.75) is 11.4 Å². The molecule has 3 N–H and O–H groups in total. The molecule has 7 heteroatoms. The van der Waals surface area contributed by atoms with Crippen LogP contribution in [0.3, 0.4) is 0 Å². The number of thiophene rings is 1. The number of nitriles is 1. The van der Waals surface area contributed by atoms with Crippen LogP contribution in [-0.4, -0.2) is 8.42 Å². The molecule has 0 aliphatic rings. The van der Waals surface area contributed by atoms with Crippen molar-refractivity contribution in [3.8, 4) is 6.07 Å². The molecule has 0 fully saturated rings. The van der Waals surface area contributed by atoms with E-state index in [2.05, 4.69) is 22.8 Å². The van der Waals surface area contributed by atoms with Gasteiger partial charge in [-0.15, -0.1) is 11.3 Å². The van der Waals surface area contributed by atoms with Crippen molar-refractivity contribution < 1.29 is 8.42 Å². The van der Waals surface area contributed by atoms with Gasteiger partial charge in [-0.1, -0.05) is 18.2 Å². The van der Waals surface area contributed by atoms with E-state index in [9.17, 15) is 13.7 Å². The Balaban J connectivity index is 1.87. The number of primary sulfonamides is 1. The second-order valence-corrected chi connectivity index (χ2v) is 7.45. The Bertz CT molecular complexity index is 1020. The van der Waals surface area contributed by atoms with E-state index in [1.807, 2.05) is 18.2 Å². The first kappa shape index (κ1) is 15.5. The Morgan fingerprint density at radius 1 is 1.22 bits per heavy atom. The molecule has 0 bridgehead atoms. The van der Waals surface area contributed by atoms with E-state index in [1.54, 1.807) is 17.4 Å². The fourth-order valence-electron chi connectivity index (χ4n) is 2.31. The molecule has 3 rings (SSSR count). The Hall–Kier alpha value is -2.40. The minimum absolute atomic E-state index is 0.0689. The van der Waals surface area contributed by atoms with Crippen molar-refractivity contribution in [3.05, 3.63) is 59.0 Å². The lowest BCUT2D eigenvalue weighted by molar-refractivity contribution is 0.598. The van der Waals surface area contributed by atoms with Crippen molar-refractivity contribution in [1.82, 2.24) is 0 Å². The summed E-state index contributed by atoms with van der Waals surface area (Å²) >= 11 is 1.66. The number of rotatable bonds is 4. The number of nitrogens with one attached hydrogen (secondary N) is 1. The largest absolute Gasteiger partial charge is 0.380 e. The van der Waals surface area contributed by atoms with Gasteiger partial charge < -0.3 is 5.32 Å². The fourth-order valence-corrected chi connectivity index (χ4v) is 3.81. The minimum Gasteiger partial charge on any atom is -0.380 e. The van der Waals surface area contributed by atoms with Crippen molar-refractivity contribution >= 4 is 37.1 Å². The van der Waals surface area contributed by atoms with E-state index >= 15 is 0 Å². The number of benzene rings is 2. The van der Waals surface area contributed by atoms with E-state index < -0.39 is 10.0 Å². The highest BCUT2D eigenvalue weighted by Gasteiger charge is 2.12. The van der Waals surface area contributed by atoms with Crippen LogP contribution >= 0.6 is 11.3 Å². The number of anilines is 1. The number of nitrogens with zero attached hydrogens (tertiary/aromatic N) is 1. The maximum atomic E-state index is 11.4. The molecule has 0 aliphatic carbocycles. The molecule has 0 unspecified atom stereocenters. The Morgan fingerprint density at radius 3 is 2.74 bits per heavy atom. The first-order valence-electron chi connectivity index (χ1n) is 6.75. The van der Waals surface area contributed by atoms with Gasteiger partial charge in [-0.3, -0.25) is 0 Å². The lowest BCUT2D eigenvalue weighted by atomic mass is 10.1. The first-order chi connectivity index (χ1) is 11.0. The van der Waals surface area contributed by atoms with Crippen LogP contribution < -0.4 is 10.5 Å². The molecule has 0 saturated heterocycles. The third kappa shape index (κ3) is 3.19. The number of hydrogen-bond acceptors (Lipinski definition) is 5. The Morgan fingerprint density at radius 2 is 2.00 bits per heavy atom. The summed E-state index contributed by atoms with van der Waals surface area (Å²) in [7, 11) is -3.82. The monoisotopic (exact) mass is 343 g/mol. The zero-order chi connectivity index (χ0) is 16.4. The zero-order valence-electron chi connectivity index (χ0n) is 12.0. The standard InChI is InChI=1S/C16H13N3O2S2/c17-8-11-7-13(23(18,20)21)5-6-15(11)19-9-12-10-22-16-4-2-1-3-14(12)16/h1-7,10,19H,9H2,(H2,18,20,21). The van der Waals surface area contributed by atoms with Crippen LogP contribution in [0.25, 0.3) is 10.1 Å². The van der Waals surface area contributed by atoms with Gasteiger partial charge in [0.15, 0.2) is 0 Å². The van der Waals surface area contributed by atoms with Crippen LogP contribution in [0, 0.1) is 11.3 Å². The van der Waals surface area contributed by atoms with Crippen molar-refractivity contribution in [2.24, 2.45) is 5.14 Å². The molecule has 0 radical (unpaired) electrons. The average Bonchev–Trinajstić information content (AvgIpc) is 2.95. The van der Waals surface area contributed by atoms with E-state index in [0.29, 0.717) is 12.2 Å². The molecule has 3 aromatic rings. The average molecular weight is 343 g/mol. The van der Waals surface area contributed by atoms with Crippen LogP contribution in [0.4, 0.5) is 5.69 Å². The molecule has 1 aromatic heterocycles. The van der Waals surface area contributed by atoms with Crippen LogP contribution in [0.2, 0.25) is 0 Å². The van der Waals surface area contributed by atoms with Gasteiger partial charge in [-0.25, -0.2) is 13.6 Å². The number of fused-ring (bicyclic) bond motifs is 1. The quantitative estimate of drug-likeness (QED) is 0.761. The lowest BCUT2D eigenvalue weighted by Crippen LogP contribution is -2.12. The summed E-state index contributed by atoms with van der Waals surface area (Å²) in [5.74, 6) is 0. The summed E-state index contributed by atoms with van der Waals surface area (Å²) in [4.78, 5) is -0.0689. The highest BCUT2D eigenvalue weighted by atomic mass is 32.2. The maximum Gasteiger partial charge on any atom is 0.238 e. The highest BCUT2D eigenvalue weighted by Crippen LogP contribution is 2.27.